The van der Waals surface area contributed by atoms with E-state index < -0.39 is 0 Å². The van der Waals surface area contributed by atoms with E-state index in [2.05, 4.69) is 30.4 Å². The lowest BCUT2D eigenvalue weighted by atomic mass is 10.1. The van der Waals surface area contributed by atoms with Gasteiger partial charge in [0.1, 0.15) is 0 Å². The average Bonchev–Trinajstić information content (AvgIpc) is 2.96. The second-order valence-corrected chi connectivity index (χ2v) is 6.66. The van der Waals surface area contributed by atoms with E-state index in [1.54, 1.807) is 11.8 Å². The van der Waals surface area contributed by atoms with E-state index in [9.17, 15) is 4.79 Å². The Hall–Kier alpha value is -0.960. The molecular weight excluding hydrogens is 242 g/mol. The largest absolute Gasteiger partial charge is 0.352 e. The third-order valence-electron chi connectivity index (χ3n) is 3.89. The number of rotatable bonds is 2. The van der Waals surface area contributed by atoms with Crippen molar-refractivity contribution in [3.05, 3.63) is 29.3 Å². The summed E-state index contributed by atoms with van der Waals surface area (Å²) in [5.41, 5.74) is 2.61. The van der Waals surface area contributed by atoms with Crippen LogP contribution >= 0.6 is 11.8 Å². The molecule has 0 saturated heterocycles. The fourth-order valence-electron chi connectivity index (χ4n) is 2.85. The molecule has 1 aromatic rings. The van der Waals surface area contributed by atoms with Gasteiger partial charge in [0.25, 0.3) is 0 Å². The number of carbonyl (C=O) groups excluding carboxylic acids is 1. The van der Waals surface area contributed by atoms with Crippen LogP contribution in [0, 0.1) is 6.92 Å². The second-order valence-electron chi connectivity index (χ2n) is 5.41. The number of fused-ring (bicyclic) bond motifs is 1. The van der Waals surface area contributed by atoms with Crippen molar-refractivity contribution >= 4 is 17.7 Å². The third kappa shape index (κ3) is 2.41. The van der Waals surface area contributed by atoms with Crippen molar-refractivity contribution in [3.8, 4) is 0 Å². The zero-order valence-corrected chi connectivity index (χ0v) is 11.6. The van der Waals surface area contributed by atoms with Crippen LogP contribution in [0.1, 0.15) is 36.8 Å². The first-order valence-electron chi connectivity index (χ1n) is 6.79. The van der Waals surface area contributed by atoms with Crippen LogP contribution in [0.4, 0.5) is 0 Å². The predicted octanol–water partition coefficient (Wildman–Crippen LogP) is 3.07. The molecule has 0 spiro atoms. The minimum Gasteiger partial charge on any atom is -0.352 e. The zero-order valence-electron chi connectivity index (χ0n) is 10.7. The van der Waals surface area contributed by atoms with Gasteiger partial charge in [0, 0.05) is 10.9 Å². The predicted molar refractivity (Wildman–Crippen MR) is 74.9 cm³/mol. The van der Waals surface area contributed by atoms with Crippen molar-refractivity contribution in [3.63, 3.8) is 0 Å². The van der Waals surface area contributed by atoms with E-state index in [1.165, 1.54) is 28.9 Å². The summed E-state index contributed by atoms with van der Waals surface area (Å²) < 4.78 is 0. The monoisotopic (exact) mass is 261 g/mol. The molecule has 0 aromatic heterocycles. The summed E-state index contributed by atoms with van der Waals surface area (Å²) >= 11 is 1.73. The van der Waals surface area contributed by atoms with Gasteiger partial charge in [-0.1, -0.05) is 30.5 Å². The van der Waals surface area contributed by atoms with Gasteiger partial charge in [0.05, 0.1) is 5.25 Å². The average molecular weight is 261 g/mol. The highest BCUT2D eigenvalue weighted by molar-refractivity contribution is 8.01. The molecule has 3 rings (SSSR count). The zero-order chi connectivity index (χ0) is 12.5. The smallest absolute Gasteiger partial charge is 0.234 e. The normalized spacial score (nSPS) is 23.1. The summed E-state index contributed by atoms with van der Waals surface area (Å²) in [5.74, 6) is 0.237. The standard InChI is InChI=1S/C15H19NOS/c1-10-6-7-11-9-14(18-13(11)8-10)15(17)16-12-4-2-3-5-12/h6-8,12,14H,2-5,9H2,1H3,(H,16,17). The van der Waals surface area contributed by atoms with E-state index in [-0.39, 0.29) is 11.2 Å². The van der Waals surface area contributed by atoms with Crippen LogP contribution < -0.4 is 5.32 Å². The van der Waals surface area contributed by atoms with Crippen LogP contribution in [-0.2, 0) is 11.2 Å². The fraction of sp³-hybridized carbons (Fsp3) is 0.533. The number of carbonyl (C=O) groups is 1. The number of nitrogens with one attached hydrogen (secondary N) is 1. The lowest BCUT2D eigenvalue weighted by Crippen LogP contribution is -2.38. The van der Waals surface area contributed by atoms with Crippen LogP contribution in [0.25, 0.3) is 0 Å². The molecule has 2 nitrogen and oxygen atoms in total. The van der Waals surface area contributed by atoms with Gasteiger partial charge in [-0.05, 0) is 37.8 Å². The maximum absolute atomic E-state index is 12.2. The van der Waals surface area contributed by atoms with Gasteiger partial charge in [-0.2, -0.15) is 0 Å². The van der Waals surface area contributed by atoms with Gasteiger partial charge in [-0.3, -0.25) is 4.79 Å². The molecule has 1 fully saturated rings. The molecule has 1 N–H and O–H groups in total. The Morgan fingerprint density at radius 1 is 1.33 bits per heavy atom. The molecule has 1 heterocycles. The van der Waals surface area contributed by atoms with Crippen molar-refractivity contribution in [1.29, 1.82) is 0 Å². The molecule has 0 radical (unpaired) electrons. The lowest BCUT2D eigenvalue weighted by Gasteiger charge is -2.15. The Morgan fingerprint density at radius 2 is 2.11 bits per heavy atom. The van der Waals surface area contributed by atoms with Crippen LogP contribution in [0.5, 0.6) is 0 Å². The number of benzene rings is 1. The second kappa shape index (κ2) is 4.96. The number of hydrogen-bond acceptors (Lipinski definition) is 2. The first kappa shape index (κ1) is 12.1. The summed E-state index contributed by atoms with van der Waals surface area (Å²) in [5, 5.41) is 3.30. The first-order valence-corrected chi connectivity index (χ1v) is 7.67. The van der Waals surface area contributed by atoms with E-state index in [4.69, 9.17) is 0 Å². The molecule has 1 amide bonds. The van der Waals surface area contributed by atoms with Gasteiger partial charge >= 0.3 is 0 Å². The Balaban J connectivity index is 1.64. The molecule has 1 aliphatic carbocycles. The van der Waals surface area contributed by atoms with Crippen LogP contribution in [0.2, 0.25) is 0 Å². The SMILES string of the molecule is Cc1ccc2c(c1)SC(C(=O)NC1CCCC1)C2. The quantitative estimate of drug-likeness (QED) is 0.886. The molecule has 2 aliphatic rings. The minimum atomic E-state index is 0.0856. The fourth-order valence-corrected chi connectivity index (χ4v) is 4.15. The Kier molecular flexibility index (Phi) is 3.33. The van der Waals surface area contributed by atoms with Crippen LogP contribution in [0.3, 0.4) is 0 Å². The van der Waals surface area contributed by atoms with Crippen LogP contribution in [0.15, 0.2) is 23.1 Å². The molecule has 18 heavy (non-hydrogen) atoms. The minimum absolute atomic E-state index is 0.0856. The maximum Gasteiger partial charge on any atom is 0.234 e. The summed E-state index contributed by atoms with van der Waals surface area (Å²) in [6, 6.07) is 6.93. The van der Waals surface area contributed by atoms with Crippen molar-refractivity contribution in [2.75, 3.05) is 0 Å². The van der Waals surface area contributed by atoms with Crippen molar-refractivity contribution in [2.45, 2.75) is 55.2 Å². The number of hydrogen-bond donors (Lipinski definition) is 1. The molecule has 1 aliphatic heterocycles. The van der Waals surface area contributed by atoms with Crippen molar-refractivity contribution in [1.82, 2.24) is 5.32 Å². The topological polar surface area (TPSA) is 29.1 Å². The molecule has 1 unspecified atom stereocenters. The van der Waals surface area contributed by atoms with Crippen LogP contribution in [-0.4, -0.2) is 17.2 Å². The van der Waals surface area contributed by atoms with Gasteiger partial charge in [-0.25, -0.2) is 0 Å². The molecule has 1 atom stereocenters. The number of amides is 1. The highest BCUT2D eigenvalue weighted by Crippen LogP contribution is 2.37. The van der Waals surface area contributed by atoms with E-state index in [0.29, 0.717) is 6.04 Å². The highest BCUT2D eigenvalue weighted by atomic mass is 32.2. The maximum atomic E-state index is 12.2. The number of aryl methyl sites for hydroxylation is 1. The Morgan fingerprint density at radius 3 is 2.89 bits per heavy atom. The van der Waals surface area contributed by atoms with E-state index >= 15 is 0 Å². The lowest BCUT2D eigenvalue weighted by molar-refractivity contribution is -0.121. The van der Waals surface area contributed by atoms with Crippen molar-refractivity contribution in [2.24, 2.45) is 0 Å². The first-order chi connectivity index (χ1) is 8.72. The Labute approximate surface area is 113 Å². The molecule has 96 valence electrons. The summed E-state index contributed by atoms with van der Waals surface area (Å²) in [6.45, 7) is 2.10. The van der Waals surface area contributed by atoms with Gasteiger partial charge in [0.2, 0.25) is 5.91 Å². The molecular formula is C15H19NOS. The highest BCUT2D eigenvalue weighted by Gasteiger charge is 2.30. The van der Waals surface area contributed by atoms with Gasteiger partial charge in [0.15, 0.2) is 0 Å². The summed E-state index contributed by atoms with van der Waals surface area (Å²) in [7, 11) is 0. The Bertz CT molecular complexity index is 466. The van der Waals surface area contributed by atoms with Crippen molar-refractivity contribution < 1.29 is 4.79 Å². The third-order valence-corrected chi connectivity index (χ3v) is 5.19. The molecule has 0 bridgehead atoms. The number of thioether (sulfide) groups is 1. The molecule has 1 saturated carbocycles. The summed E-state index contributed by atoms with van der Waals surface area (Å²) in [6.07, 6.45) is 5.74. The van der Waals surface area contributed by atoms with E-state index in [0.717, 1.165) is 19.3 Å². The van der Waals surface area contributed by atoms with E-state index in [1.807, 2.05) is 0 Å². The summed E-state index contributed by atoms with van der Waals surface area (Å²) in [4.78, 5) is 13.5. The van der Waals surface area contributed by atoms with Gasteiger partial charge < -0.3 is 5.32 Å². The van der Waals surface area contributed by atoms with Gasteiger partial charge in [-0.15, -0.1) is 11.8 Å². The molecule has 3 heteroatoms. The molecule has 1 aromatic carbocycles.